The van der Waals surface area contributed by atoms with Gasteiger partial charge in [-0.05, 0) is 61.4 Å². The summed E-state index contributed by atoms with van der Waals surface area (Å²) in [5.41, 5.74) is 3.08. The molecule has 33 heavy (non-hydrogen) atoms. The van der Waals surface area contributed by atoms with Crippen molar-refractivity contribution in [3.63, 3.8) is 0 Å². The number of nitrogens with one attached hydrogen (secondary N) is 1. The lowest BCUT2D eigenvalue weighted by atomic mass is 10.1. The van der Waals surface area contributed by atoms with Gasteiger partial charge in [-0.25, -0.2) is 9.78 Å². The van der Waals surface area contributed by atoms with Gasteiger partial charge in [-0.15, -0.1) is 0 Å². The number of methoxy groups -OCH3 is 1. The predicted molar refractivity (Wildman–Crippen MR) is 125 cm³/mol. The lowest BCUT2D eigenvalue weighted by Crippen LogP contribution is -2.37. The Kier molecular flexibility index (Phi) is 6.33. The summed E-state index contributed by atoms with van der Waals surface area (Å²) >= 11 is 0. The van der Waals surface area contributed by atoms with Gasteiger partial charge in [0.25, 0.3) is 0 Å². The van der Waals surface area contributed by atoms with Crippen LogP contribution in [-0.2, 0) is 17.9 Å². The molecule has 0 saturated carbocycles. The second-order valence-corrected chi connectivity index (χ2v) is 8.18. The van der Waals surface area contributed by atoms with Gasteiger partial charge in [-0.3, -0.25) is 0 Å². The molecule has 1 aromatic heterocycles. The minimum absolute atomic E-state index is 0.512. The number of hydrogen-bond donors (Lipinski definition) is 2. The number of fused-ring (bicyclic) bond motifs is 1. The number of nitrogens with zero attached hydrogens (tertiary/aromatic N) is 1. The highest BCUT2D eigenvalue weighted by Crippen LogP contribution is 2.30. The second kappa shape index (κ2) is 9.34. The number of carboxylic acid groups (broad SMARTS) is 1. The number of rotatable bonds is 9. The largest absolute Gasteiger partial charge is 0.497 e. The molecule has 0 radical (unpaired) electrons. The summed E-state index contributed by atoms with van der Waals surface area (Å²) in [5, 5.41) is 12.7. The minimum atomic E-state index is -1.30. The number of hydrogen-bond acceptors (Lipinski definition) is 6. The lowest BCUT2D eigenvalue weighted by molar-refractivity contribution is -0.152. The Morgan fingerprint density at radius 2 is 1.85 bits per heavy atom. The zero-order valence-electron chi connectivity index (χ0n) is 18.8. The molecule has 0 amide bonds. The third-order valence-corrected chi connectivity index (χ3v) is 5.27. The van der Waals surface area contributed by atoms with E-state index in [9.17, 15) is 9.90 Å². The van der Waals surface area contributed by atoms with Gasteiger partial charge in [-0.1, -0.05) is 30.3 Å². The molecule has 1 heterocycles. The Bertz CT molecular complexity index is 1250. The van der Waals surface area contributed by atoms with Crippen molar-refractivity contribution in [3.8, 4) is 23.0 Å². The molecule has 170 valence electrons. The van der Waals surface area contributed by atoms with Gasteiger partial charge in [0.15, 0.2) is 11.2 Å². The van der Waals surface area contributed by atoms with Gasteiger partial charge in [-0.2, -0.15) is 0 Å². The van der Waals surface area contributed by atoms with Gasteiger partial charge >= 0.3 is 5.97 Å². The highest BCUT2D eigenvalue weighted by molar-refractivity contribution is 5.77. The minimum Gasteiger partial charge on any atom is -0.497 e. The van der Waals surface area contributed by atoms with Crippen LogP contribution in [0.3, 0.4) is 0 Å². The van der Waals surface area contributed by atoms with Crippen molar-refractivity contribution >= 4 is 17.1 Å². The molecular weight excluding hydrogens is 420 g/mol. The van der Waals surface area contributed by atoms with Crippen molar-refractivity contribution in [1.82, 2.24) is 10.3 Å². The third kappa shape index (κ3) is 5.15. The van der Waals surface area contributed by atoms with Crippen LogP contribution in [0.15, 0.2) is 71.1 Å². The molecule has 3 aromatic carbocycles. The van der Waals surface area contributed by atoms with Gasteiger partial charge < -0.3 is 24.3 Å². The lowest BCUT2D eigenvalue weighted by Gasteiger charge is -2.21. The van der Waals surface area contributed by atoms with Crippen LogP contribution in [0.4, 0.5) is 0 Å². The summed E-state index contributed by atoms with van der Waals surface area (Å²) in [5.74, 6) is 0.760. The Hall–Kier alpha value is -3.84. The van der Waals surface area contributed by atoms with Crippen LogP contribution in [0.1, 0.15) is 25.0 Å². The fourth-order valence-corrected chi connectivity index (χ4v) is 3.42. The zero-order valence-corrected chi connectivity index (χ0v) is 18.8. The fraction of sp³-hybridized carbons (Fsp3) is 0.231. The van der Waals surface area contributed by atoms with Gasteiger partial charge in [0.2, 0.25) is 5.89 Å². The maximum atomic E-state index is 11.3. The second-order valence-electron chi connectivity index (χ2n) is 8.18. The Morgan fingerprint density at radius 1 is 1.03 bits per heavy atom. The third-order valence-electron chi connectivity index (χ3n) is 5.27. The van der Waals surface area contributed by atoms with Gasteiger partial charge in [0, 0.05) is 18.7 Å². The molecule has 0 unspecified atom stereocenters. The van der Waals surface area contributed by atoms with E-state index in [2.05, 4.69) is 10.3 Å². The smallest absolute Gasteiger partial charge is 0.347 e. The fourth-order valence-electron chi connectivity index (χ4n) is 3.42. The Labute approximate surface area is 192 Å². The van der Waals surface area contributed by atoms with Crippen molar-refractivity contribution in [2.45, 2.75) is 32.5 Å². The molecule has 0 saturated heterocycles. The Balaban J connectivity index is 1.50. The topological polar surface area (TPSA) is 93.8 Å². The molecule has 0 atom stereocenters. The molecule has 0 aliphatic carbocycles. The van der Waals surface area contributed by atoms with Crippen molar-refractivity contribution in [2.75, 3.05) is 7.11 Å². The van der Waals surface area contributed by atoms with Crippen LogP contribution < -0.4 is 14.8 Å². The molecule has 0 spiro atoms. The SMILES string of the molecule is COc1ccc(CNCc2cccc(OC(C)(C)C(=O)O)c2)c(-c2nc3ccccc3o2)c1. The Morgan fingerprint density at radius 3 is 2.61 bits per heavy atom. The van der Waals surface area contributed by atoms with Crippen molar-refractivity contribution < 1.29 is 23.8 Å². The first-order chi connectivity index (χ1) is 15.9. The van der Waals surface area contributed by atoms with Crippen LogP contribution in [0.25, 0.3) is 22.6 Å². The summed E-state index contributed by atoms with van der Waals surface area (Å²) in [6.07, 6.45) is 0. The maximum Gasteiger partial charge on any atom is 0.347 e. The first-order valence-electron chi connectivity index (χ1n) is 10.6. The van der Waals surface area contributed by atoms with E-state index >= 15 is 0 Å². The quantitative estimate of drug-likeness (QED) is 0.372. The molecule has 0 aliphatic heterocycles. The summed E-state index contributed by atoms with van der Waals surface area (Å²) in [7, 11) is 1.63. The highest BCUT2D eigenvalue weighted by atomic mass is 16.5. The first-order valence-corrected chi connectivity index (χ1v) is 10.6. The maximum absolute atomic E-state index is 11.3. The molecule has 0 fully saturated rings. The van der Waals surface area contributed by atoms with Crippen LogP contribution in [0, 0.1) is 0 Å². The standard InChI is InChI=1S/C26H26N2O5/c1-26(2,25(29)30)33-20-8-6-7-17(13-20)15-27-16-18-11-12-19(31-3)14-21(18)24-28-22-9-4-5-10-23(22)32-24/h4-14,27H,15-16H2,1-3H3,(H,29,30). The zero-order chi connectivity index (χ0) is 23.4. The van der Waals surface area contributed by atoms with Crippen LogP contribution >= 0.6 is 0 Å². The molecule has 2 N–H and O–H groups in total. The molecule has 7 nitrogen and oxygen atoms in total. The molecular formula is C26H26N2O5. The summed E-state index contributed by atoms with van der Waals surface area (Å²) < 4.78 is 17.0. The molecule has 0 bridgehead atoms. The van der Waals surface area contributed by atoms with Crippen molar-refractivity contribution in [3.05, 3.63) is 77.9 Å². The summed E-state index contributed by atoms with van der Waals surface area (Å²) in [4.78, 5) is 16.0. The number of oxazole rings is 1. The normalized spacial score (nSPS) is 11.5. The van der Waals surface area contributed by atoms with Crippen molar-refractivity contribution in [2.24, 2.45) is 0 Å². The van der Waals surface area contributed by atoms with Gasteiger partial charge in [0.05, 0.1) is 7.11 Å². The van der Waals surface area contributed by atoms with Crippen LogP contribution in [-0.4, -0.2) is 28.8 Å². The van der Waals surface area contributed by atoms with E-state index in [1.807, 2.05) is 60.7 Å². The monoisotopic (exact) mass is 446 g/mol. The number of para-hydroxylation sites is 2. The number of carbonyl (C=O) groups is 1. The van der Waals surface area contributed by atoms with Gasteiger partial charge in [0.1, 0.15) is 17.0 Å². The first kappa shape index (κ1) is 22.4. The van der Waals surface area contributed by atoms with Crippen molar-refractivity contribution in [1.29, 1.82) is 0 Å². The number of carboxylic acids is 1. The summed E-state index contributed by atoms with van der Waals surface area (Å²) in [6, 6.07) is 20.9. The predicted octanol–water partition coefficient (Wildman–Crippen LogP) is 5.04. The number of benzene rings is 3. The molecule has 4 rings (SSSR count). The van der Waals surface area contributed by atoms with Crippen LogP contribution in [0.2, 0.25) is 0 Å². The highest BCUT2D eigenvalue weighted by Gasteiger charge is 2.29. The number of aromatic nitrogens is 1. The van der Waals surface area contributed by atoms with E-state index in [1.54, 1.807) is 13.2 Å². The van der Waals surface area contributed by atoms with Crippen LogP contribution in [0.5, 0.6) is 11.5 Å². The molecule has 7 heteroatoms. The average molecular weight is 447 g/mol. The molecule has 0 aliphatic rings. The number of ether oxygens (including phenoxy) is 2. The molecule has 4 aromatic rings. The average Bonchev–Trinajstić information content (AvgIpc) is 3.23. The summed E-state index contributed by atoms with van der Waals surface area (Å²) in [6.45, 7) is 4.20. The van der Waals surface area contributed by atoms with E-state index in [0.717, 1.165) is 33.5 Å². The van der Waals surface area contributed by atoms with E-state index < -0.39 is 11.6 Å². The van der Waals surface area contributed by atoms with E-state index in [0.29, 0.717) is 24.7 Å². The van der Waals surface area contributed by atoms with E-state index in [1.165, 1.54) is 13.8 Å². The number of aliphatic carboxylic acids is 1. The van der Waals surface area contributed by atoms with E-state index in [-0.39, 0.29) is 0 Å². The van der Waals surface area contributed by atoms with E-state index in [4.69, 9.17) is 13.9 Å².